The van der Waals surface area contributed by atoms with Crippen LogP contribution in [0.1, 0.15) is 33.6 Å². The Bertz CT molecular complexity index is 220. The molecule has 1 rings (SSSR count). The molecule has 1 atom stereocenters. The van der Waals surface area contributed by atoms with Gasteiger partial charge in [-0.05, 0) is 39.3 Å². The van der Waals surface area contributed by atoms with Crippen LogP contribution < -0.4 is 5.32 Å². The molecule has 0 spiro atoms. The Kier molecular flexibility index (Phi) is 3.26. The number of hydrogen-bond acceptors (Lipinski definition) is 2. The number of rotatable bonds is 3. The topological polar surface area (TPSA) is 29.1 Å². The minimum Gasteiger partial charge on any atom is -0.316 e. The van der Waals surface area contributed by atoms with E-state index in [9.17, 15) is 4.79 Å². The molecule has 1 fully saturated rings. The Balaban J connectivity index is 2.77. The van der Waals surface area contributed by atoms with Gasteiger partial charge in [-0.25, -0.2) is 0 Å². The monoisotopic (exact) mass is 181 g/mol. The fourth-order valence-electron chi connectivity index (χ4n) is 1.85. The number of allylic oxidation sites excluding steroid dienone is 2. The highest BCUT2D eigenvalue weighted by molar-refractivity contribution is 5.95. The smallest absolute Gasteiger partial charge is 0.163 e. The minimum absolute atomic E-state index is 0.0999. The van der Waals surface area contributed by atoms with Crippen molar-refractivity contribution in [2.45, 2.75) is 33.6 Å². The third-order valence-corrected chi connectivity index (χ3v) is 2.86. The summed E-state index contributed by atoms with van der Waals surface area (Å²) in [7, 11) is 0. The van der Waals surface area contributed by atoms with Crippen molar-refractivity contribution in [1.82, 2.24) is 5.32 Å². The molecule has 0 aromatic heterocycles. The van der Waals surface area contributed by atoms with Crippen LogP contribution in [0, 0.1) is 5.41 Å². The molecule has 0 aromatic rings. The summed E-state index contributed by atoms with van der Waals surface area (Å²) in [4.78, 5) is 11.9. The van der Waals surface area contributed by atoms with E-state index in [1.165, 1.54) is 0 Å². The predicted octanol–water partition coefficient (Wildman–Crippen LogP) is 1.91. The molecule has 1 saturated heterocycles. The van der Waals surface area contributed by atoms with Gasteiger partial charge in [-0.2, -0.15) is 0 Å². The van der Waals surface area contributed by atoms with Crippen LogP contribution in [0.25, 0.3) is 0 Å². The van der Waals surface area contributed by atoms with Crippen molar-refractivity contribution in [1.29, 1.82) is 0 Å². The number of ketones is 1. The average Bonchev–Trinajstić information content (AvgIpc) is 2.51. The first kappa shape index (κ1) is 10.5. The quantitative estimate of drug-likeness (QED) is 0.674. The Morgan fingerprint density at radius 2 is 2.23 bits per heavy atom. The molecule has 1 unspecified atom stereocenters. The molecule has 0 bridgehead atoms. The molecule has 1 aliphatic rings. The van der Waals surface area contributed by atoms with Crippen molar-refractivity contribution in [3.8, 4) is 0 Å². The lowest BCUT2D eigenvalue weighted by Crippen LogP contribution is -2.31. The molecule has 0 amide bonds. The van der Waals surface area contributed by atoms with Crippen molar-refractivity contribution in [2.75, 3.05) is 13.1 Å². The van der Waals surface area contributed by atoms with E-state index >= 15 is 0 Å². The van der Waals surface area contributed by atoms with Gasteiger partial charge in [-0.15, -0.1) is 0 Å². The van der Waals surface area contributed by atoms with Crippen molar-refractivity contribution in [3.05, 3.63) is 11.6 Å². The normalized spacial score (nSPS) is 27.3. The lowest BCUT2D eigenvalue weighted by molar-refractivity contribution is -0.123. The van der Waals surface area contributed by atoms with E-state index in [0.717, 1.165) is 31.5 Å². The minimum atomic E-state index is -0.0999. The molecular formula is C11H19NO. The van der Waals surface area contributed by atoms with Crippen LogP contribution in [0.2, 0.25) is 0 Å². The van der Waals surface area contributed by atoms with E-state index < -0.39 is 0 Å². The van der Waals surface area contributed by atoms with Crippen LogP contribution in [0.15, 0.2) is 11.6 Å². The zero-order valence-electron chi connectivity index (χ0n) is 8.81. The highest BCUT2D eigenvalue weighted by atomic mass is 16.1. The van der Waals surface area contributed by atoms with Crippen LogP contribution in [0.3, 0.4) is 0 Å². The first-order valence-electron chi connectivity index (χ1n) is 5.01. The van der Waals surface area contributed by atoms with Crippen LogP contribution in [-0.2, 0) is 4.79 Å². The molecule has 0 aromatic carbocycles. The molecule has 1 heterocycles. The van der Waals surface area contributed by atoms with E-state index in [-0.39, 0.29) is 5.41 Å². The Labute approximate surface area is 80.4 Å². The SMILES string of the molecule is CCC1(C(=O)C=C(C)C)CCNC1. The fourth-order valence-corrected chi connectivity index (χ4v) is 1.85. The van der Waals surface area contributed by atoms with Crippen molar-refractivity contribution < 1.29 is 4.79 Å². The highest BCUT2D eigenvalue weighted by Crippen LogP contribution is 2.31. The van der Waals surface area contributed by atoms with Crippen molar-refractivity contribution >= 4 is 5.78 Å². The number of carbonyl (C=O) groups is 1. The van der Waals surface area contributed by atoms with E-state index in [1.807, 2.05) is 13.8 Å². The largest absolute Gasteiger partial charge is 0.316 e. The molecular weight excluding hydrogens is 162 g/mol. The summed E-state index contributed by atoms with van der Waals surface area (Å²) in [6, 6.07) is 0. The van der Waals surface area contributed by atoms with E-state index in [4.69, 9.17) is 0 Å². The summed E-state index contributed by atoms with van der Waals surface area (Å²) < 4.78 is 0. The second-order valence-electron chi connectivity index (χ2n) is 4.15. The molecule has 2 nitrogen and oxygen atoms in total. The van der Waals surface area contributed by atoms with E-state index in [2.05, 4.69) is 12.2 Å². The summed E-state index contributed by atoms with van der Waals surface area (Å²) >= 11 is 0. The van der Waals surface area contributed by atoms with Crippen LogP contribution in [0.5, 0.6) is 0 Å². The van der Waals surface area contributed by atoms with E-state index in [1.54, 1.807) is 6.08 Å². The summed E-state index contributed by atoms with van der Waals surface area (Å²) in [6.07, 6.45) is 3.73. The Hall–Kier alpha value is -0.630. The zero-order valence-corrected chi connectivity index (χ0v) is 8.81. The second-order valence-corrected chi connectivity index (χ2v) is 4.15. The Morgan fingerprint density at radius 1 is 1.54 bits per heavy atom. The molecule has 0 saturated carbocycles. The molecule has 0 aliphatic carbocycles. The van der Waals surface area contributed by atoms with Crippen LogP contribution in [0.4, 0.5) is 0 Å². The third kappa shape index (κ3) is 2.19. The van der Waals surface area contributed by atoms with E-state index in [0.29, 0.717) is 5.78 Å². The third-order valence-electron chi connectivity index (χ3n) is 2.86. The number of nitrogens with one attached hydrogen (secondary N) is 1. The van der Waals surface area contributed by atoms with Crippen LogP contribution >= 0.6 is 0 Å². The Morgan fingerprint density at radius 3 is 2.62 bits per heavy atom. The van der Waals surface area contributed by atoms with Crippen molar-refractivity contribution in [2.24, 2.45) is 5.41 Å². The van der Waals surface area contributed by atoms with Gasteiger partial charge >= 0.3 is 0 Å². The van der Waals surface area contributed by atoms with Gasteiger partial charge < -0.3 is 5.32 Å². The van der Waals surface area contributed by atoms with Gasteiger partial charge in [0.1, 0.15) is 0 Å². The molecule has 2 heteroatoms. The summed E-state index contributed by atoms with van der Waals surface area (Å²) in [5.74, 6) is 0.306. The standard InChI is InChI=1S/C11H19NO/c1-4-11(5-6-12-8-11)10(13)7-9(2)3/h7,12H,4-6,8H2,1-3H3. The molecule has 13 heavy (non-hydrogen) atoms. The maximum Gasteiger partial charge on any atom is 0.163 e. The second kappa shape index (κ2) is 4.05. The van der Waals surface area contributed by atoms with Gasteiger partial charge in [0.2, 0.25) is 0 Å². The maximum atomic E-state index is 11.9. The molecule has 1 N–H and O–H groups in total. The highest BCUT2D eigenvalue weighted by Gasteiger charge is 2.37. The van der Waals surface area contributed by atoms with Crippen LogP contribution in [-0.4, -0.2) is 18.9 Å². The summed E-state index contributed by atoms with van der Waals surface area (Å²) in [5.41, 5.74) is 1.00. The number of carbonyl (C=O) groups excluding carboxylic acids is 1. The number of hydrogen-bond donors (Lipinski definition) is 1. The van der Waals surface area contributed by atoms with Gasteiger partial charge in [0.15, 0.2) is 5.78 Å². The molecule has 74 valence electrons. The van der Waals surface area contributed by atoms with Gasteiger partial charge in [0.05, 0.1) is 0 Å². The molecule has 1 aliphatic heterocycles. The maximum absolute atomic E-state index is 11.9. The lowest BCUT2D eigenvalue weighted by atomic mass is 9.79. The summed E-state index contributed by atoms with van der Waals surface area (Å²) in [6.45, 7) is 7.89. The summed E-state index contributed by atoms with van der Waals surface area (Å²) in [5, 5.41) is 3.27. The van der Waals surface area contributed by atoms with Crippen molar-refractivity contribution in [3.63, 3.8) is 0 Å². The lowest BCUT2D eigenvalue weighted by Gasteiger charge is -2.23. The van der Waals surface area contributed by atoms with Gasteiger partial charge in [0, 0.05) is 12.0 Å². The molecule has 0 radical (unpaired) electrons. The van der Waals surface area contributed by atoms with Gasteiger partial charge in [0.25, 0.3) is 0 Å². The fraction of sp³-hybridized carbons (Fsp3) is 0.727. The van der Waals surface area contributed by atoms with Gasteiger partial charge in [-0.1, -0.05) is 12.5 Å². The zero-order chi connectivity index (χ0) is 9.90. The first-order chi connectivity index (χ1) is 6.10. The average molecular weight is 181 g/mol. The first-order valence-corrected chi connectivity index (χ1v) is 5.01. The predicted molar refractivity (Wildman–Crippen MR) is 54.6 cm³/mol. The van der Waals surface area contributed by atoms with Gasteiger partial charge in [-0.3, -0.25) is 4.79 Å².